The lowest BCUT2D eigenvalue weighted by Gasteiger charge is -2.19. The number of para-hydroxylation sites is 1. The van der Waals surface area contributed by atoms with Crippen LogP contribution in [-0.4, -0.2) is 52.8 Å². The van der Waals surface area contributed by atoms with Crippen molar-refractivity contribution in [3.05, 3.63) is 47.5 Å². The zero-order chi connectivity index (χ0) is 22.2. The molecule has 1 amide bonds. The van der Waals surface area contributed by atoms with Crippen molar-refractivity contribution in [3.8, 4) is 17.2 Å². The van der Waals surface area contributed by atoms with Crippen LogP contribution < -0.4 is 29.7 Å². The van der Waals surface area contributed by atoms with Crippen LogP contribution in [0, 0.1) is 0 Å². The third-order valence-corrected chi connectivity index (χ3v) is 5.08. The predicted molar refractivity (Wildman–Crippen MR) is 121 cm³/mol. The third-order valence-electron chi connectivity index (χ3n) is 5.08. The van der Waals surface area contributed by atoms with Crippen LogP contribution in [0.1, 0.15) is 18.1 Å². The highest BCUT2D eigenvalue weighted by Gasteiger charge is 2.23. The lowest BCUT2D eigenvalue weighted by molar-refractivity contribution is -0.117. The number of anilines is 1. The summed E-state index contributed by atoms with van der Waals surface area (Å²) in [7, 11) is 4.73. The predicted octanol–water partition coefficient (Wildman–Crippen LogP) is 2.36. The Morgan fingerprint density at radius 1 is 1.06 bits per heavy atom. The number of methoxy groups -OCH3 is 3. The van der Waals surface area contributed by atoms with Gasteiger partial charge in [0.05, 0.1) is 34.4 Å². The monoisotopic (exact) mass is 426 g/mol. The number of fused-ring (bicyclic) bond motifs is 1. The first-order chi connectivity index (χ1) is 15.1. The van der Waals surface area contributed by atoms with Gasteiger partial charge in [0, 0.05) is 18.8 Å². The van der Waals surface area contributed by atoms with Crippen LogP contribution in [0.5, 0.6) is 17.2 Å². The molecule has 0 aliphatic carbocycles. The molecule has 0 saturated carbocycles. The lowest BCUT2D eigenvalue weighted by atomic mass is 10.2. The molecule has 2 aromatic carbocycles. The second kappa shape index (κ2) is 10.6. The van der Waals surface area contributed by atoms with Crippen LogP contribution in [0.25, 0.3) is 0 Å². The Balaban J connectivity index is 1.68. The van der Waals surface area contributed by atoms with Crippen LogP contribution in [0.15, 0.2) is 41.4 Å². The second-order valence-corrected chi connectivity index (χ2v) is 7.01. The van der Waals surface area contributed by atoms with E-state index in [2.05, 4.69) is 21.7 Å². The van der Waals surface area contributed by atoms with Gasteiger partial charge in [0.25, 0.3) is 0 Å². The molecule has 0 bridgehead atoms. The van der Waals surface area contributed by atoms with Gasteiger partial charge in [-0.3, -0.25) is 4.79 Å². The van der Waals surface area contributed by atoms with E-state index >= 15 is 0 Å². The molecule has 8 heteroatoms. The van der Waals surface area contributed by atoms with Crippen LogP contribution >= 0.6 is 0 Å². The van der Waals surface area contributed by atoms with Crippen LogP contribution in [0.2, 0.25) is 0 Å². The number of benzene rings is 2. The molecule has 0 saturated heterocycles. The van der Waals surface area contributed by atoms with Gasteiger partial charge in [0.1, 0.15) is 0 Å². The summed E-state index contributed by atoms with van der Waals surface area (Å²) >= 11 is 0. The summed E-state index contributed by atoms with van der Waals surface area (Å²) in [6, 6.07) is 11.7. The number of aliphatic imine (C=N–C) groups is 1. The average Bonchev–Trinajstić information content (AvgIpc) is 3.24. The van der Waals surface area contributed by atoms with Crippen molar-refractivity contribution in [2.45, 2.75) is 19.9 Å². The average molecular weight is 427 g/mol. The fourth-order valence-corrected chi connectivity index (χ4v) is 3.59. The van der Waals surface area contributed by atoms with Gasteiger partial charge >= 0.3 is 0 Å². The first-order valence-electron chi connectivity index (χ1n) is 10.3. The van der Waals surface area contributed by atoms with E-state index < -0.39 is 0 Å². The highest BCUT2D eigenvalue weighted by Crippen LogP contribution is 2.38. The second-order valence-electron chi connectivity index (χ2n) is 7.01. The minimum Gasteiger partial charge on any atom is -0.493 e. The molecule has 1 aliphatic rings. The van der Waals surface area contributed by atoms with E-state index in [4.69, 9.17) is 14.2 Å². The summed E-state index contributed by atoms with van der Waals surface area (Å²) in [6.07, 6.45) is 0.886. The fraction of sp³-hybridized carbons (Fsp3) is 0.391. The zero-order valence-electron chi connectivity index (χ0n) is 18.5. The molecule has 2 N–H and O–H groups in total. The Morgan fingerprint density at radius 2 is 1.77 bits per heavy atom. The van der Waals surface area contributed by atoms with Crippen LogP contribution in [0.3, 0.4) is 0 Å². The van der Waals surface area contributed by atoms with Gasteiger partial charge in [-0.25, -0.2) is 4.99 Å². The number of carbonyl (C=O) groups excluding carboxylic acids is 1. The molecule has 0 spiro atoms. The zero-order valence-corrected chi connectivity index (χ0v) is 18.5. The summed E-state index contributed by atoms with van der Waals surface area (Å²) in [5.41, 5.74) is 3.10. The molecule has 166 valence electrons. The maximum absolute atomic E-state index is 12.8. The van der Waals surface area contributed by atoms with Gasteiger partial charge < -0.3 is 29.7 Å². The van der Waals surface area contributed by atoms with E-state index in [0.29, 0.717) is 42.8 Å². The Bertz CT molecular complexity index is 920. The Morgan fingerprint density at radius 3 is 2.42 bits per heavy atom. The van der Waals surface area contributed by atoms with E-state index in [9.17, 15) is 4.79 Å². The number of ether oxygens (including phenoxy) is 3. The van der Waals surface area contributed by atoms with Crippen molar-refractivity contribution in [3.63, 3.8) is 0 Å². The number of amides is 1. The molecule has 0 fully saturated rings. The molecule has 2 aromatic rings. The topological polar surface area (TPSA) is 84.4 Å². The maximum Gasteiger partial charge on any atom is 0.246 e. The molecule has 0 radical (unpaired) electrons. The number of hydrogen-bond acceptors (Lipinski definition) is 5. The minimum absolute atomic E-state index is 0.0170. The van der Waals surface area contributed by atoms with Gasteiger partial charge in [-0.15, -0.1) is 0 Å². The minimum atomic E-state index is 0.0170. The van der Waals surface area contributed by atoms with E-state index in [1.54, 1.807) is 21.3 Å². The summed E-state index contributed by atoms with van der Waals surface area (Å²) < 4.78 is 16.2. The quantitative estimate of drug-likeness (QED) is 0.498. The molecule has 8 nitrogen and oxygen atoms in total. The van der Waals surface area contributed by atoms with Crippen molar-refractivity contribution in [1.82, 2.24) is 10.6 Å². The highest BCUT2D eigenvalue weighted by atomic mass is 16.5. The molecule has 0 unspecified atom stereocenters. The number of guanidine groups is 1. The molecule has 0 atom stereocenters. The number of nitrogens with zero attached hydrogens (tertiary/aromatic N) is 2. The van der Waals surface area contributed by atoms with Gasteiger partial charge in [0.2, 0.25) is 11.7 Å². The summed E-state index contributed by atoms with van der Waals surface area (Å²) in [6.45, 7) is 3.91. The Labute approximate surface area is 183 Å². The number of nitrogens with one attached hydrogen (secondary N) is 2. The Hall–Kier alpha value is -3.42. The smallest absolute Gasteiger partial charge is 0.246 e. The van der Waals surface area contributed by atoms with E-state index in [-0.39, 0.29) is 12.5 Å². The van der Waals surface area contributed by atoms with E-state index in [1.807, 2.05) is 42.2 Å². The molecule has 1 aliphatic heterocycles. The number of hydrogen-bond donors (Lipinski definition) is 2. The van der Waals surface area contributed by atoms with Gasteiger partial charge in [-0.1, -0.05) is 18.2 Å². The first-order valence-corrected chi connectivity index (χ1v) is 10.3. The van der Waals surface area contributed by atoms with Gasteiger partial charge in [0.15, 0.2) is 17.5 Å². The van der Waals surface area contributed by atoms with Gasteiger partial charge in [-0.2, -0.15) is 0 Å². The van der Waals surface area contributed by atoms with Gasteiger partial charge in [-0.05, 0) is 42.7 Å². The van der Waals surface area contributed by atoms with Crippen LogP contribution in [-0.2, 0) is 17.8 Å². The molecule has 3 rings (SSSR count). The first kappa shape index (κ1) is 22.3. The molecular weight excluding hydrogens is 396 g/mol. The van der Waals surface area contributed by atoms with Crippen molar-refractivity contribution in [1.29, 1.82) is 0 Å². The maximum atomic E-state index is 12.8. The normalized spacial score (nSPS) is 12.9. The summed E-state index contributed by atoms with van der Waals surface area (Å²) in [5.74, 6) is 2.28. The fourth-order valence-electron chi connectivity index (χ4n) is 3.59. The number of rotatable bonds is 8. The highest BCUT2D eigenvalue weighted by molar-refractivity contribution is 5.98. The molecule has 1 heterocycles. The third kappa shape index (κ3) is 5.20. The largest absolute Gasteiger partial charge is 0.493 e. The summed E-state index contributed by atoms with van der Waals surface area (Å²) in [5, 5.41) is 6.32. The van der Waals surface area contributed by atoms with Crippen LogP contribution in [0.4, 0.5) is 5.69 Å². The lowest BCUT2D eigenvalue weighted by Crippen LogP contribution is -2.44. The molecule has 0 aromatic heterocycles. The van der Waals surface area contributed by atoms with Crippen molar-refractivity contribution in [2.75, 3.05) is 45.9 Å². The van der Waals surface area contributed by atoms with E-state index in [0.717, 1.165) is 17.7 Å². The molecule has 31 heavy (non-hydrogen) atoms. The number of carbonyl (C=O) groups is 1. The molecular formula is C23H30N4O4. The van der Waals surface area contributed by atoms with Crippen molar-refractivity contribution in [2.24, 2.45) is 4.99 Å². The van der Waals surface area contributed by atoms with Crippen molar-refractivity contribution >= 4 is 17.6 Å². The van der Waals surface area contributed by atoms with E-state index in [1.165, 1.54) is 5.56 Å². The van der Waals surface area contributed by atoms with Crippen molar-refractivity contribution < 1.29 is 19.0 Å². The summed E-state index contributed by atoms with van der Waals surface area (Å²) in [4.78, 5) is 19.2. The SMILES string of the molecule is CCNC(=NCc1cc(OC)c(OC)c(OC)c1)NCC(=O)N1CCc2ccccc21. The standard InChI is InChI=1S/C23H30N4O4/c1-5-24-23(25-14-16-12-19(29-2)22(31-4)20(13-16)30-3)26-15-21(28)27-11-10-17-8-6-7-9-18(17)27/h6-9,12-13H,5,10-11,14-15H2,1-4H3,(H2,24,25,26). The Kier molecular flexibility index (Phi) is 7.59.